The fourth-order valence-corrected chi connectivity index (χ4v) is 2.91. The van der Waals surface area contributed by atoms with Gasteiger partial charge in [0.2, 0.25) is 0 Å². The van der Waals surface area contributed by atoms with Gasteiger partial charge in [-0.2, -0.15) is 0 Å². The zero-order chi connectivity index (χ0) is 14.5. The Morgan fingerprint density at radius 1 is 1.05 bits per heavy atom. The molecule has 6 heteroatoms. The number of hydrogen-bond acceptors (Lipinski definition) is 3. The van der Waals surface area contributed by atoms with Crippen LogP contribution in [0.25, 0.3) is 0 Å². The summed E-state index contributed by atoms with van der Waals surface area (Å²) in [6, 6.07) is 1.63. The molecule has 2 aliphatic heterocycles. The van der Waals surface area contributed by atoms with Gasteiger partial charge in [-0.15, -0.1) is 0 Å². The Labute approximate surface area is 114 Å². The second kappa shape index (κ2) is 4.34. The molecule has 0 aliphatic carbocycles. The average molecular weight is 280 g/mol. The molecule has 0 unspecified atom stereocenters. The van der Waals surface area contributed by atoms with Crippen molar-refractivity contribution in [2.75, 3.05) is 13.1 Å². The zero-order valence-electron chi connectivity index (χ0n) is 11.0. The molecular weight excluding hydrogens is 266 g/mol. The van der Waals surface area contributed by atoms with Crippen LogP contribution in [0.4, 0.5) is 8.78 Å². The van der Waals surface area contributed by atoms with Gasteiger partial charge in [0.1, 0.15) is 0 Å². The van der Waals surface area contributed by atoms with E-state index in [9.17, 15) is 18.4 Å². The van der Waals surface area contributed by atoms with Crippen LogP contribution in [0.5, 0.6) is 0 Å². The van der Waals surface area contributed by atoms with Crippen molar-refractivity contribution in [1.29, 1.82) is 0 Å². The van der Waals surface area contributed by atoms with Gasteiger partial charge in [-0.25, -0.2) is 8.78 Å². The summed E-state index contributed by atoms with van der Waals surface area (Å²) >= 11 is 0. The number of imide groups is 1. The van der Waals surface area contributed by atoms with Crippen LogP contribution in [-0.2, 0) is 0 Å². The molecule has 106 valence electrons. The monoisotopic (exact) mass is 280 g/mol. The number of amides is 2. The number of carbonyl (C=O) groups excluding carboxylic acids is 2. The van der Waals surface area contributed by atoms with E-state index in [4.69, 9.17) is 0 Å². The Bertz CT molecular complexity index is 568. The van der Waals surface area contributed by atoms with Gasteiger partial charge in [-0.1, -0.05) is 0 Å². The van der Waals surface area contributed by atoms with Gasteiger partial charge in [0.05, 0.1) is 16.7 Å². The van der Waals surface area contributed by atoms with Crippen LogP contribution in [-0.4, -0.2) is 35.3 Å². The lowest BCUT2D eigenvalue weighted by atomic mass is 9.88. The first kappa shape index (κ1) is 13.2. The lowest BCUT2D eigenvalue weighted by Gasteiger charge is -2.40. The fraction of sp³-hybridized carbons (Fsp3) is 0.429. The van der Waals surface area contributed by atoms with Crippen LogP contribution in [0.1, 0.15) is 40.5 Å². The van der Waals surface area contributed by atoms with Gasteiger partial charge in [0, 0.05) is 0 Å². The molecule has 2 aliphatic rings. The van der Waals surface area contributed by atoms with Crippen LogP contribution in [0.15, 0.2) is 12.1 Å². The zero-order valence-corrected chi connectivity index (χ0v) is 11.0. The summed E-state index contributed by atoms with van der Waals surface area (Å²) < 4.78 is 26.5. The van der Waals surface area contributed by atoms with Gasteiger partial charge in [-0.05, 0) is 45.0 Å². The van der Waals surface area contributed by atoms with Gasteiger partial charge >= 0.3 is 0 Å². The average Bonchev–Trinajstić information content (AvgIpc) is 2.64. The van der Waals surface area contributed by atoms with E-state index in [1.165, 1.54) is 0 Å². The van der Waals surface area contributed by atoms with E-state index >= 15 is 0 Å². The van der Waals surface area contributed by atoms with Crippen LogP contribution in [0.2, 0.25) is 0 Å². The highest BCUT2D eigenvalue weighted by Gasteiger charge is 2.47. The van der Waals surface area contributed by atoms with Crippen molar-refractivity contribution in [3.05, 3.63) is 34.9 Å². The molecule has 20 heavy (non-hydrogen) atoms. The molecule has 0 bridgehead atoms. The molecule has 4 nitrogen and oxygen atoms in total. The first-order valence-corrected chi connectivity index (χ1v) is 6.53. The van der Waals surface area contributed by atoms with Crippen LogP contribution in [0.3, 0.4) is 0 Å². The molecule has 1 fully saturated rings. The van der Waals surface area contributed by atoms with E-state index in [-0.39, 0.29) is 11.1 Å². The molecule has 1 aromatic carbocycles. The lowest BCUT2D eigenvalue weighted by molar-refractivity contribution is 0.0388. The quantitative estimate of drug-likeness (QED) is 0.797. The van der Waals surface area contributed by atoms with Crippen molar-refractivity contribution >= 4 is 11.8 Å². The molecule has 0 radical (unpaired) electrons. The number of rotatable bonds is 1. The minimum Gasteiger partial charge on any atom is -0.317 e. The number of nitrogens with zero attached hydrogens (tertiary/aromatic N) is 1. The SMILES string of the molecule is CC1(N2C(=O)c3cc(F)c(F)cc3C2=O)CCNCC1. The predicted octanol–water partition coefficient (Wildman–Crippen LogP) is 1.70. The van der Waals surface area contributed by atoms with E-state index in [0.29, 0.717) is 25.9 Å². The lowest BCUT2D eigenvalue weighted by Crippen LogP contribution is -2.54. The highest BCUT2D eigenvalue weighted by Crippen LogP contribution is 2.35. The molecule has 0 aromatic heterocycles. The van der Waals surface area contributed by atoms with Crippen molar-refractivity contribution in [1.82, 2.24) is 10.2 Å². The summed E-state index contributed by atoms with van der Waals surface area (Å²) in [6.07, 6.45) is 1.26. The van der Waals surface area contributed by atoms with Gasteiger partial charge in [-0.3, -0.25) is 14.5 Å². The topological polar surface area (TPSA) is 49.4 Å². The Hall–Kier alpha value is -1.82. The molecule has 2 amide bonds. The molecule has 2 heterocycles. The number of hydrogen-bond donors (Lipinski definition) is 1. The minimum absolute atomic E-state index is 0.0475. The van der Waals surface area contributed by atoms with Crippen molar-refractivity contribution in [3.8, 4) is 0 Å². The second-order valence-electron chi connectivity index (χ2n) is 5.50. The molecule has 0 saturated carbocycles. The first-order chi connectivity index (χ1) is 9.44. The third-order valence-electron chi connectivity index (χ3n) is 4.15. The number of halogens is 2. The normalized spacial score (nSPS) is 21.2. The summed E-state index contributed by atoms with van der Waals surface area (Å²) in [5, 5.41) is 3.16. The van der Waals surface area contributed by atoms with Crippen LogP contribution < -0.4 is 5.32 Å². The molecule has 1 aromatic rings. The fourth-order valence-electron chi connectivity index (χ4n) is 2.91. The van der Waals surface area contributed by atoms with E-state index in [1.54, 1.807) is 0 Å². The Morgan fingerprint density at radius 2 is 1.50 bits per heavy atom. The minimum atomic E-state index is -1.11. The number of nitrogens with one attached hydrogen (secondary N) is 1. The molecule has 1 saturated heterocycles. The predicted molar refractivity (Wildman–Crippen MR) is 67.4 cm³/mol. The summed E-state index contributed by atoms with van der Waals surface area (Å²) in [7, 11) is 0. The number of carbonyl (C=O) groups is 2. The standard InChI is InChI=1S/C14H14F2N2O2/c1-14(2-4-17-5-3-14)18-12(19)8-6-10(15)11(16)7-9(8)13(18)20/h6-7,17H,2-5H2,1H3. The van der Waals surface area contributed by atoms with Crippen molar-refractivity contribution < 1.29 is 18.4 Å². The Kier molecular flexibility index (Phi) is 2.86. The number of piperidine rings is 1. The maximum absolute atomic E-state index is 13.3. The molecule has 0 atom stereocenters. The third kappa shape index (κ3) is 1.75. The van der Waals surface area contributed by atoms with E-state index < -0.39 is 29.0 Å². The van der Waals surface area contributed by atoms with Gasteiger partial charge in [0.25, 0.3) is 11.8 Å². The van der Waals surface area contributed by atoms with Crippen molar-refractivity contribution in [3.63, 3.8) is 0 Å². The van der Waals surface area contributed by atoms with Crippen molar-refractivity contribution in [2.45, 2.75) is 25.3 Å². The van der Waals surface area contributed by atoms with Crippen molar-refractivity contribution in [2.24, 2.45) is 0 Å². The summed E-state index contributed by atoms with van der Waals surface area (Å²) in [6.45, 7) is 3.24. The molecule has 1 N–H and O–H groups in total. The van der Waals surface area contributed by atoms with E-state index in [2.05, 4.69) is 5.32 Å². The van der Waals surface area contributed by atoms with E-state index in [1.807, 2.05) is 6.92 Å². The van der Waals surface area contributed by atoms with Gasteiger partial charge < -0.3 is 5.32 Å². The molecular formula is C14H14F2N2O2. The third-order valence-corrected chi connectivity index (χ3v) is 4.15. The van der Waals surface area contributed by atoms with E-state index in [0.717, 1.165) is 17.0 Å². The smallest absolute Gasteiger partial charge is 0.262 e. The second-order valence-corrected chi connectivity index (χ2v) is 5.50. The number of benzene rings is 1. The van der Waals surface area contributed by atoms with Crippen LogP contribution in [0, 0.1) is 11.6 Å². The van der Waals surface area contributed by atoms with Gasteiger partial charge in [0.15, 0.2) is 11.6 Å². The Balaban J connectivity index is 2.05. The van der Waals surface area contributed by atoms with Crippen LogP contribution >= 0.6 is 0 Å². The highest BCUT2D eigenvalue weighted by atomic mass is 19.2. The molecule has 0 spiro atoms. The summed E-state index contributed by atoms with van der Waals surface area (Å²) in [5.74, 6) is -3.29. The molecule has 3 rings (SSSR count). The highest BCUT2D eigenvalue weighted by molar-refractivity contribution is 6.21. The largest absolute Gasteiger partial charge is 0.317 e. The maximum atomic E-state index is 13.3. The summed E-state index contributed by atoms with van der Waals surface area (Å²) in [4.78, 5) is 25.9. The summed E-state index contributed by atoms with van der Waals surface area (Å²) in [5.41, 5.74) is -0.701. The Morgan fingerprint density at radius 3 is 1.95 bits per heavy atom. The number of fused-ring (bicyclic) bond motifs is 1. The maximum Gasteiger partial charge on any atom is 0.262 e. The first-order valence-electron chi connectivity index (χ1n) is 6.53.